The summed E-state index contributed by atoms with van der Waals surface area (Å²) >= 11 is 0. The van der Waals surface area contributed by atoms with Crippen molar-refractivity contribution in [2.75, 3.05) is 45.2 Å². The molecule has 2 aromatic rings. The molecule has 10 heteroatoms. The maximum absolute atomic E-state index is 13.0. The molecule has 1 heterocycles. The van der Waals surface area contributed by atoms with Crippen LogP contribution >= 0.6 is 0 Å². The first-order valence-electron chi connectivity index (χ1n) is 9.67. The lowest BCUT2D eigenvalue weighted by molar-refractivity contribution is -0.117. The van der Waals surface area contributed by atoms with Crippen LogP contribution in [0.2, 0.25) is 0 Å². The summed E-state index contributed by atoms with van der Waals surface area (Å²) in [4.78, 5) is 25.9. The van der Waals surface area contributed by atoms with Crippen molar-refractivity contribution in [3.05, 3.63) is 59.4 Å². The summed E-state index contributed by atoms with van der Waals surface area (Å²) in [5.74, 6) is -1.16. The molecule has 0 atom stereocenters. The van der Waals surface area contributed by atoms with E-state index in [0.29, 0.717) is 24.3 Å². The molecule has 0 aromatic heterocycles. The molecule has 8 nitrogen and oxygen atoms in total. The summed E-state index contributed by atoms with van der Waals surface area (Å²) in [7, 11) is -2.46. The Hall–Kier alpha value is -2.82. The number of benzene rings is 2. The Balaban J connectivity index is 1.59. The number of halogens is 1. The van der Waals surface area contributed by atoms with Crippen LogP contribution in [0.5, 0.6) is 0 Å². The molecule has 166 valence electrons. The number of methoxy groups -OCH3 is 1. The van der Waals surface area contributed by atoms with Gasteiger partial charge in [0.1, 0.15) is 5.82 Å². The van der Waals surface area contributed by atoms with Gasteiger partial charge in [-0.15, -0.1) is 0 Å². The van der Waals surface area contributed by atoms with Crippen molar-refractivity contribution in [3.8, 4) is 0 Å². The Kier molecular flexibility index (Phi) is 7.04. The first-order valence-corrected chi connectivity index (χ1v) is 11.1. The van der Waals surface area contributed by atoms with Crippen LogP contribution in [0.4, 0.5) is 10.1 Å². The van der Waals surface area contributed by atoms with E-state index in [1.54, 1.807) is 6.92 Å². The smallest absolute Gasteiger partial charge is 0.337 e. The summed E-state index contributed by atoms with van der Waals surface area (Å²) in [6.07, 6.45) is 0. The number of rotatable bonds is 6. The van der Waals surface area contributed by atoms with Gasteiger partial charge in [-0.05, 0) is 55.0 Å². The third kappa shape index (κ3) is 5.46. The molecule has 0 bridgehead atoms. The number of piperazine rings is 1. The van der Waals surface area contributed by atoms with Crippen molar-refractivity contribution in [2.45, 2.75) is 11.8 Å². The second-order valence-corrected chi connectivity index (χ2v) is 9.11. The number of hydrogen-bond donors (Lipinski definition) is 1. The van der Waals surface area contributed by atoms with E-state index in [4.69, 9.17) is 0 Å². The van der Waals surface area contributed by atoms with Crippen molar-refractivity contribution >= 4 is 27.6 Å². The lowest BCUT2D eigenvalue weighted by Crippen LogP contribution is -2.50. The number of ether oxygens (including phenoxy) is 1. The van der Waals surface area contributed by atoms with Crippen LogP contribution in [0, 0.1) is 12.7 Å². The molecule has 1 aliphatic heterocycles. The zero-order valence-electron chi connectivity index (χ0n) is 17.3. The quantitative estimate of drug-likeness (QED) is 0.677. The van der Waals surface area contributed by atoms with Gasteiger partial charge in [0.15, 0.2) is 0 Å². The molecule has 0 spiro atoms. The van der Waals surface area contributed by atoms with Gasteiger partial charge in [0, 0.05) is 31.9 Å². The van der Waals surface area contributed by atoms with E-state index >= 15 is 0 Å². The van der Waals surface area contributed by atoms with Crippen LogP contribution in [0.15, 0.2) is 47.4 Å². The van der Waals surface area contributed by atoms with Gasteiger partial charge in [-0.3, -0.25) is 9.69 Å². The van der Waals surface area contributed by atoms with E-state index in [0.717, 1.165) is 0 Å². The van der Waals surface area contributed by atoms with Crippen LogP contribution in [-0.2, 0) is 19.6 Å². The van der Waals surface area contributed by atoms with Gasteiger partial charge in [0.25, 0.3) is 0 Å². The van der Waals surface area contributed by atoms with Gasteiger partial charge < -0.3 is 10.1 Å². The van der Waals surface area contributed by atoms with Crippen molar-refractivity contribution in [3.63, 3.8) is 0 Å². The molecule has 2 aromatic carbocycles. The minimum atomic E-state index is -3.73. The molecular formula is C21H24FN3O5S. The summed E-state index contributed by atoms with van der Waals surface area (Å²) in [6.45, 7) is 3.02. The van der Waals surface area contributed by atoms with Crippen LogP contribution in [0.25, 0.3) is 0 Å². The van der Waals surface area contributed by atoms with Gasteiger partial charge in [0.05, 0.1) is 24.1 Å². The van der Waals surface area contributed by atoms with Crippen molar-refractivity contribution in [1.82, 2.24) is 9.21 Å². The number of esters is 1. The second-order valence-electron chi connectivity index (χ2n) is 7.21. The molecule has 0 radical (unpaired) electrons. The molecule has 1 aliphatic rings. The summed E-state index contributed by atoms with van der Waals surface area (Å²) < 4.78 is 45.1. The van der Waals surface area contributed by atoms with Crippen LogP contribution < -0.4 is 5.32 Å². The number of carbonyl (C=O) groups excluding carboxylic acids is 2. The van der Waals surface area contributed by atoms with E-state index in [9.17, 15) is 22.4 Å². The van der Waals surface area contributed by atoms with Gasteiger partial charge in [-0.25, -0.2) is 17.6 Å². The number of sulfonamides is 1. The maximum Gasteiger partial charge on any atom is 0.337 e. The van der Waals surface area contributed by atoms with E-state index in [1.165, 1.54) is 53.9 Å². The standard InChI is InChI=1S/C21H24FN3O5S/c1-15-13-16(21(27)30-2)3-8-19(15)31(28,29)25-11-9-24(10-12-25)14-20(26)23-18-6-4-17(22)5-7-18/h3-8,13H,9-12,14H2,1-2H3,(H,23,26). The summed E-state index contributed by atoms with van der Waals surface area (Å²) in [5.41, 5.74) is 1.25. The summed E-state index contributed by atoms with van der Waals surface area (Å²) in [5, 5.41) is 2.69. The highest BCUT2D eigenvalue weighted by Crippen LogP contribution is 2.22. The third-order valence-corrected chi connectivity index (χ3v) is 7.10. The maximum atomic E-state index is 13.0. The zero-order chi connectivity index (χ0) is 22.6. The fourth-order valence-electron chi connectivity index (χ4n) is 3.39. The normalized spacial score (nSPS) is 15.5. The van der Waals surface area contributed by atoms with E-state index < -0.39 is 16.0 Å². The number of anilines is 1. The van der Waals surface area contributed by atoms with E-state index in [-0.39, 0.29) is 41.8 Å². The Morgan fingerprint density at radius 3 is 2.29 bits per heavy atom. The van der Waals surface area contributed by atoms with Crippen molar-refractivity contribution in [1.29, 1.82) is 0 Å². The van der Waals surface area contributed by atoms with Crippen LogP contribution in [0.3, 0.4) is 0 Å². The lowest BCUT2D eigenvalue weighted by Gasteiger charge is -2.33. The fourth-order valence-corrected chi connectivity index (χ4v) is 5.02. The van der Waals surface area contributed by atoms with E-state index in [1.807, 2.05) is 4.90 Å². The average molecular weight is 450 g/mol. The zero-order valence-corrected chi connectivity index (χ0v) is 18.1. The second kappa shape index (κ2) is 9.54. The first-order chi connectivity index (χ1) is 14.7. The minimum Gasteiger partial charge on any atom is -0.465 e. The van der Waals surface area contributed by atoms with Gasteiger partial charge >= 0.3 is 5.97 Å². The molecule has 0 unspecified atom stereocenters. The number of nitrogens with one attached hydrogen (secondary N) is 1. The van der Waals surface area contributed by atoms with Gasteiger partial charge in [-0.2, -0.15) is 4.31 Å². The number of amides is 1. The van der Waals surface area contributed by atoms with Crippen molar-refractivity contribution < 1.29 is 27.1 Å². The highest BCUT2D eigenvalue weighted by atomic mass is 32.2. The SMILES string of the molecule is COC(=O)c1ccc(S(=O)(=O)N2CCN(CC(=O)Nc3ccc(F)cc3)CC2)c(C)c1. The fraction of sp³-hybridized carbons (Fsp3) is 0.333. The largest absolute Gasteiger partial charge is 0.465 e. The molecule has 0 saturated carbocycles. The minimum absolute atomic E-state index is 0.109. The molecule has 0 aliphatic carbocycles. The Morgan fingerprint density at radius 1 is 1.06 bits per heavy atom. The number of carbonyl (C=O) groups is 2. The highest BCUT2D eigenvalue weighted by Gasteiger charge is 2.30. The number of nitrogens with zero attached hydrogens (tertiary/aromatic N) is 2. The van der Waals surface area contributed by atoms with Gasteiger partial charge in [-0.1, -0.05) is 0 Å². The molecular weight excluding hydrogens is 425 g/mol. The number of aryl methyl sites for hydroxylation is 1. The lowest BCUT2D eigenvalue weighted by atomic mass is 10.1. The average Bonchev–Trinajstić information content (AvgIpc) is 2.75. The van der Waals surface area contributed by atoms with Crippen LogP contribution in [-0.4, -0.2) is 69.3 Å². The molecule has 1 fully saturated rings. The third-order valence-electron chi connectivity index (χ3n) is 5.04. The molecule has 1 saturated heterocycles. The molecule has 31 heavy (non-hydrogen) atoms. The molecule has 1 N–H and O–H groups in total. The molecule has 1 amide bonds. The topological polar surface area (TPSA) is 96.0 Å². The predicted octanol–water partition coefficient (Wildman–Crippen LogP) is 1.87. The summed E-state index contributed by atoms with van der Waals surface area (Å²) in [6, 6.07) is 9.82. The van der Waals surface area contributed by atoms with Crippen LogP contribution in [0.1, 0.15) is 15.9 Å². The van der Waals surface area contributed by atoms with E-state index in [2.05, 4.69) is 10.1 Å². The molecule has 3 rings (SSSR count). The highest BCUT2D eigenvalue weighted by molar-refractivity contribution is 7.89. The first kappa shape index (κ1) is 22.9. The van der Waals surface area contributed by atoms with Crippen molar-refractivity contribution in [2.24, 2.45) is 0 Å². The Morgan fingerprint density at radius 2 is 1.71 bits per heavy atom. The predicted molar refractivity (Wildman–Crippen MR) is 113 cm³/mol. The Bertz CT molecular complexity index is 1060. The van der Waals surface area contributed by atoms with Gasteiger partial charge in [0.2, 0.25) is 15.9 Å². The Labute approximate surface area is 180 Å². The number of hydrogen-bond acceptors (Lipinski definition) is 6. The monoisotopic (exact) mass is 449 g/mol.